The largest absolute Gasteiger partial charge is 0.380 e. The number of rotatable bonds is 9. The van der Waals surface area contributed by atoms with Crippen molar-refractivity contribution in [1.82, 2.24) is 5.32 Å². The summed E-state index contributed by atoms with van der Waals surface area (Å²) in [4.78, 5) is 0. The molecular formula is C12H25NO3S. The normalized spacial score (nSPS) is 20.2. The number of methoxy groups -OCH3 is 1. The van der Waals surface area contributed by atoms with Crippen LogP contribution >= 0.6 is 0 Å². The van der Waals surface area contributed by atoms with E-state index < -0.39 is 9.84 Å². The van der Waals surface area contributed by atoms with Crippen molar-refractivity contribution in [1.29, 1.82) is 0 Å². The van der Waals surface area contributed by atoms with Gasteiger partial charge in [-0.2, -0.15) is 0 Å². The second kappa shape index (κ2) is 6.71. The van der Waals surface area contributed by atoms with Crippen LogP contribution in [0.3, 0.4) is 0 Å². The van der Waals surface area contributed by atoms with E-state index in [-0.39, 0.29) is 17.9 Å². The molecule has 0 spiro atoms. The number of hydrogen-bond acceptors (Lipinski definition) is 4. The molecule has 0 saturated heterocycles. The van der Waals surface area contributed by atoms with Gasteiger partial charge in [-0.05, 0) is 38.1 Å². The minimum Gasteiger partial charge on any atom is -0.380 e. The summed E-state index contributed by atoms with van der Waals surface area (Å²) in [6.07, 6.45) is 5.58. The Labute approximate surface area is 105 Å². The highest BCUT2D eigenvalue weighted by atomic mass is 32.2. The summed E-state index contributed by atoms with van der Waals surface area (Å²) in [6.45, 7) is 3.03. The van der Waals surface area contributed by atoms with Crippen LogP contribution in [0.2, 0.25) is 0 Å². The molecule has 0 amide bonds. The Balaban J connectivity index is 2.51. The lowest BCUT2D eigenvalue weighted by Crippen LogP contribution is -2.43. The van der Waals surface area contributed by atoms with Crippen LogP contribution in [-0.4, -0.2) is 46.2 Å². The van der Waals surface area contributed by atoms with E-state index in [2.05, 4.69) is 12.2 Å². The topological polar surface area (TPSA) is 55.4 Å². The Bertz CT molecular complexity index is 312. The van der Waals surface area contributed by atoms with Crippen molar-refractivity contribution in [3.8, 4) is 0 Å². The maximum Gasteiger partial charge on any atom is 0.147 e. The van der Waals surface area contributed by atoms with Gasteiger partial charge in [0.1, 0.15) is 9.84 Å². The number of ether oxygens (including phenoxy) is 1. The Morgan fingerprint density at radius 1 is 1.41 bits per heavy atom. The maximum absolute atomic E-state index is 11.2. The molecule has 102 valence electrons. The lowest BCUT2D eigenvalue weighted by molar-refractivity contribution is 0.0501. The van der Waals surface area contributed by atoms with Crippen LogP contribution in [0.5, 0.6) is 0 Å². The van der Waals surface area contributed by atoms with Gasteiger partial charge in [0.25, 0.3) is 0 Å². The Morgan fingerprint density at radius 3 is 2.47 bits per heavy atom. The quantitative estimate of drug-likeness (QED) is 0.679. The third-order valence-corrected chi connectivity index (χ3v) is 4.19. The van der Waals surface area contributed by atoms with Gasteiger partial charge in [-0.1, -0.05) is 6.92 Å². The molecule has 0 radical (unpaired) electrons. The summed E-state index contributed by atoms with van der Waals surface area (Å²) in [7, 11) is -1.16. The van der Waals surface area contributed by atoms with E-state index in [0.717, 1.165) is 13.0 Å². The Kier molecular flexibility index (Phi) is 5.89. The molecule has 0 aromatic rings. The fraction of sp³-hybridized carbons (Fsp3) is 1.00. The molecular weight excluding hydrogens is 238 g/mol. The zero-order valence-corrected chi connectivity index (χ0v) is 11.9. The van der Waals surface area contributed by atoms with Crippen molar-refractivity contribution in [2.24, 2.45) is 5.92 Å². The minimum atomic E-state index is -2.89. The van der Waals surface area contributed by atoms with Gasteiger partial charge in [0.2, 0.25) is 0 Å². The van der Waals surface area contributed by atoms with Crippen molar-refractivity contribution < 1.29 is 13.2 Å². The summed E-state index contributed by atoms with van der Waals surface area (Å²) < 4.78 is 28.0. The van der Waals surface area contributed by atoms with E-state index in [4.69, 9.17) is 4.74 Å². The van der Waals surface area contributed by atoms with E-state index in [9.17, 15) is 8.42 Å². The molecule has 5 heteroatoms. The summed E-state index contributed by atoms with van der Waals surface area (Å²) in [5.41, 5.74) is 0. The molecule has 17 heavy (non-hydrogen) atoms. The predicted molar refractivity (Wildman–Crippen MR) is 69.9 cm³/mol. The summed E-state index contributed by atoms with van der Waals surface area (Å²) in [5, 5.41) is 3.42. The molecule has 1 N–H and O–H groups in total. The molecule has 0 aromatic heterocycles. The van der Waals surface area contributed by atoms with Crippen LogP contribution in [0.1, 0.15) is 32.6 Å². The molecule has 1 aliphatic rings. The van der Waals surface area contributed by atoms with Gasteiger partial charge in [-0.3, -0.25) is 0 Å². The van der Waals surface area contributed by atoms with Crippen LogP contribution in [0.15, 0.2) is 0 Å². The smallest absolute Gasteiger partial charge is 0.147 e. The molecule has 2 unspecified atom stereocenters. The molecule has 0 aliphatic heterocycles. The van der Waals surface area contributed by atoms with E-state index in [0.29, 0.717) is 12.3 Å². The van der Waals surface area contributed by atoms with Gasteiger partial charge in [-0.25, -0.2) is 8.42 Å². The highest BCUT2D eigenvalue weighted by Crippen LogP contribution is 2.36. The van der Waals surface area contributed by atoms with Crippen LogP contribution in [0, 0.1) is 5.92 Å². The summed E-state index contributed by atoms with van der Waals surface area (Å²) in [5.74, 6) is 0.856. The standard InChI is InChI=1S/C12H25NO3S/c1-4-8-13-11(7-9-17(3,14)15)12(16-2)10-5-6-10/h10-13H,4-9H2,1-3H3. The number of nitrogens with one attached hydrogen (secondary N) is 1. The first-order valence-corrected chi connectivity index (χ1v) is 8.48. The van der Waals surface area contributed by atoms with Crippen molar-refractivity contribution >= 4 is 9.84 Å². The lowest BCUT2D eigenvalue weighted by atomic mass is 10.0. The zero-order chi connectivity index (χ0) is 12.9. The van der Waals surface area contributed by atoms with E-state index in [1.165, 1.54) is 19.1 Å². The number of hydrogen-bond donors (Lipinski definition) is 1. The van der Waals surface area contributed by atoms with Gasteiger partial charge in [0.05, 0.1) is 11.9 Å². The van der Waals surface area contributed by atoms with Crippen molar-refractivity contribution in [2.75, 3.05) is 25.7 Å². The van der Waals surface area contributed by atoms with Crippen LogP contribution in [0.25, 0.3) is 0 Å². The van der Waals surface area contributed by atoms with Gasteiger partial charge in [0, 0.05) is 19.4 Å². The second-order valence-electron chi connectivity index (χ2n) is 5.02. The molecule has 0 heterocycles. The molecule has 1 fully saturated rings. The molecule has 0 bridgehead atoms. The van der Waals surface area contributed by atoms with Gasteiger partial charge >= 0.3 is 0 Å². The molecule has 1 aliphatic carbocycles. The molecule has 1 rings (SSSR count). The fourth-order valence-electron chi connectivity index (χ4n) is 2.16. The van der Waals surface area contributed by atoms with Gasteiger partial charge < -0.3 is 10.1 Å². The minimum absolute atomic E-state index is 0.169. The van der Waals surface area contributed by atoms with Crippen molar-refractivity contribution in [3.63, 3.8) is 0 Å². The SMILES string of the molecule is CCCNC(CCS(C)(=O)=O)C(OC)C1CC1. The van der Waals surface area contributed by atoms with E-state index in [1.807, 2.05) is 0 Å². The average molecular weight is 263 g/mol. The Hall–Kier alpha value is -0.130. The van der Waals surface area contributed by atoms with Crippen LogP contribution < -0.4 is 5.32 Å². The fourth-order valence-corrected chi connectivity index (χ4v) is 2.85. The van der Waals surface area contributed by atoms with Crippen LogP contribution in [-0.2, 0) is 14.6 Å². The summed E-state index contributed by atoms with van der Waals surface area (Å²) >= 11 is 0. The average Bonchev–Trinajstić information content (AvgIpc) is 3.05. The second-order valence-corrected chi connectivity index (χ2v) is 7.28. The summed E-state index contributed by atoms with van der Waals surface area (Å²) in [6, 6.07) is 0.169. The highest BCUT2D eigenvalue weighted by Gasteiger charge is 2.36. The first kappa shape index (κ1) is 14.9. The van der Waals surface area contributed by atoms with Gasteiger partial charge in [-0.15, -0.1) is 0 Å². The van der Waals surface area contributed by atoms with Crippen molar-refractivity contribution in [2.45, 2.75) is 44.8 Å². The van der Waals surface area contributed by atoms with Crippen molar-refractivity contribution in [3.05, 3.63) is 0 Å². The first-order chi connectivity index (χ1) is 7.98. The van der Waals surface area contributed by atoms with E-state index in [1.54, 1.807) is 7.11 Å². The predicted octanol–water partition coefficient (Wildman–Crippen LogP) is 1.21. The molecule has 0 aromatic carbocycles. The van der Waals surface area contributed by atoms with E-state index >= 15 is 0 Å². The lowest BCUT2D eigenvalue weighted by Gasteiger charge is -2.27. The molecule has 1 saturated carbocycles. The molecule has 2 atom stereocenters. The molecule has 4 nitrogen and oxygen atoms in total. The zero-order valence-electron chi connectivity index (χ0n) is 11.1. The third kappa shape index (κ3) is 5.84. The third-order valence-electron chi connectivity index (χ3n) is 3.21. The Morgan fingerprint density at radius 2 is 2.06 bits per heavy atom. The van der Waals surface area contributed by atoms with Gasteiger partial charge in [0.15, 0.2) is 0 Å². The number of sulfone groups is 1. The monoisotopic (exact) mass is 263 g/mol. The first-order valence-electron chi connectivity index (χ1n) is 6.41. The maximum atomic E-state index is 11.2. The highest BCUT2D eigenvalue weighted by molar-refractivity contribution is 7.90. The van der Waals surface area contributed by atoms with Crippen LogP contribution in [0.4, 0.5) is 0 Å².